The zero-order valence-electron chi connectivity index (χ0n) is 9.95. The highest BCUT2D eigenvalue weighted by atomic mass is 28.2. The van der Waals surface area contributed by atoms with Crippen LogP contribution in [0, 0.1) is 0 Å². The molecule has 2 rings (SSSR count). The second-order valence-corrected chi connectivity index (χ2v) is 5.07. The van der Waals surface area contributed by atoms with E-state index in [1.807, 2.05) is 6.07 Å². The van der Waals surface area contributed by atoms with E-state index in [2.05, 4.69) is 4.74 Å². The Balaban J connectivity index is 2.11. The number of carbonyl (C=O) groups is 1. The molecule has 98 valence electrons. The van der Waals surface area contributed by atoms with E-state index in [0.29, 0.717) is 5.75 Å². The van der Waals surface area contributed by atoms with Crippen molar-refractivity contribution in [2.75, 3.05) is 0 Å². The Morgan fingerprint density at radius 2 is 1.63 bits per heavy atom. The number of carboxylic acid groups (broad SMARTS) is 1. The van der Waals surface area contributed by atoms with Crippen molar-refractivity contribution >= 4 is 21.1 Å². The fourth-order valence-corrected chi connectivity index (χ4v) is 2.58. The van der Waals surface area contributed by atoms with E-state index in [-0.39, 0.29) is 11.5 Å². The van der Waals surface area contributed by atoms with Gasteiger partial charge in [-0.25, -0.2) is 4.79 Å². The SMILES string of the molecule is O=C(O)Oc1ccccc1O[SiH2]c1ccccc1O. The van der Waals surface area contributed by atoms with Crippen molar-refractivity contribution in [1.82, 2.24) is 0 Å². The van der Waals surface area contributed by atoms with Gasteiger partial charge in [0, 0.05) is 5.19 Å². The Kier molecular flexibility index (Phi) is 4.04. The van der Waals surface area contributed by atoms with Gasteiger partial charge in [0.25, 0.3) is 9.76 Å². The van der Waals surface area contributed by atoms with E-state index in [0.717, 1.165) is 5.19 Å². The van der Waals surface area contributed by atoms with Crippen LogP contribution in [0.5, 0.6) is 17.2 Å². The fraction of sp³-hybridized carbons (Fsp3) is 0. The van der Waals surface area contributed by atoms with Gasteiger partial charge in [0.15, 0.2) is 5.75 Å². The zero-order valence-corrected chi connectivity index (χ0v) is 11.4. The Bertz CT molecular complexity index is 585. The first-order chi connectivity index (χ1) is 9.16. The number of rotatable bonds is 4. The highest BCUT2D eigenvalue weighted by Gasteiger charge is 2.09. The van der Waals surface area contributed by atoms with Crippen molar-refractivity contribution in [3.05, 3.63) is 48.5 Å². The maximum absolute atomic E-state index is 10.5. The van der Waals surface area contributed by atoms with Crippen molar-refractivity contribution in [2.24, 2.45) is 0 Å². The third-order valence-electron chi connectivity index (χ3n) is 2.42. The topological polar surface area (TPSA) is 76.0 Å². The maximum Gasteiger partial charge on any atom is 0.511 e. The van der Waals surface area contributed by atoms with E-state index < -0.39 is 15.9 Å². The minimum absolute atomic E-state index is 0.151. The number of hydrogen-bond donors (Lipinski definition) is 2. The number of hydrogen-bond acceptors (Lipinski definition) is 4. The first kappa shape index (κ1) is 13.0. The molecule has 5 nitrogen and oxygen atoms in total. The summed E-state index contributed by atoms with van der Waals surface area (Å²) < 4.78 is 10.2. The average molecular weight is 276 g/mol. The summed E-state index contributed by atoms with van der Waals surface area (Å²) in [6.45, 7) is 0. The van der Waals surface area contributed by atoms with Gasteiger partial charge in [-0.15, -0.1) is 0 Å². The largest absolute Gasteiger partial charge is 0.542 e. The molecule has 19 heavy (non-hydrogen) atoms. The zero-order chi connectivity index (χ0) is 13.7. The second-order valence-electron chi connectivity index (χ2n) is 3.73. The van der Waals surface area contributed by atoms with Gasteiger partial charge in [-0.3, -0.25) is 0 Å². The summed E-state index contributed by atoms with van der Waals surface area (Å²) in [5, 5.41) is 19.0. The first-order valence-corrected chi connectivity index (χ1v) is 6.85. The monoisotopic (exact) mass is 276 g/mol. The smallest absolute Gasteiger partial charge is 0.511 e. The third kappa shape index (κ3) is 3.49. The van der Waals surface area contributed by atoms with Crippen LogP contribution < -0.4 is 14.3 Å². The number of aromatic hydroxyl groups is 1. The summed E-state index contributed by atoms with van der Waals surface area (Å²) in [5.74, 6) is 0.698. The van der Waals surface area contributed by atoms with Crippen molar-refractivity contribution in [3.8, 4) is 17.2 Å². The summed E-state index contributed by atoms with van der Waals surface area (Å²) in [4.78, 5) is 10.5. The van der Waals surface area contributed by atoms with E-state index in [9.17, 15) is 9.90 Å². The Morgan fingerprint density at radius 1 is 1.00 bits per heavy atom. The van der Waals surface area contributed by atoms with Crippen molar-refractivity contribution < 1.29 is 24.2 Å². The number of phenols is 1. The van der Waals surface area contributed by atoms with Crippen LogP contribution in [0.3, 0.4) is 0 Å². The molecule has 0 aromatic heterocycles. The number of benzene rings is 2. The molecule has 6 heteroatoms. The van der Waals surface area contributed by atoms with E-state index >= 15 is 0 Å². The fourth-order valence-electron chi connectivity index (χ4n) is 1.54. The molecule has 0 saturated carbocycles. The molecule has 0 aliphatic rings. The molecule has 0 bridgehead atoms. The highest BCUT2D eigenvalue weighted by molar-refractivity contribution is 6.49. The minimum Gasteiger partial charge on any atom is -0.542 e. The van der Waals surface area contributed by atoms with Gasteiger partial charge in [0.05, 0.1) is 0 Å². The van der Waals surface area contributed by atoms with Gasteiger partial charge in [-0.05, 0) is 18.2 Å². The molecule has 2 aromatic rings. The first-order valence-electron chi connectivity index (χ1n) is 5.56. The third-order valence-corrected chi connectivity index (χ3v) is 3.79. The van der Waals surface area contributed by atoms with Crippen molar-refractivity contribution in [2.45, 2.75) is 0 Å². The van der Waals surface area contributed by atoms with Crippen LogP contribution in [-0.2, 0) is 0 Å². The molecular weight excluding hydrogens is 264 g/mol. The normalized spacial score (nSPS) is 10.5. The van der Waals surface area contributed by atoms with Crippen LogP contribution in [0.1, 0.15) is 0 Å². The standard InChI is InChI=1S/C13H12O5Si/c14-9-5-1-4-8-12(9)19-18-11-7-3-2-6-10(11)17-13(15)16/h1-8,14H,19H2,(H,15,16). The Morgan fingerprint density at radius 3 is 2.32 bits per heavy atom. The van der Waals surface area contributed by atoms with Crippen LogP contribution in [-0.4, -0.2) is 26.1 Å². The molecule has 2 N–H and O–H groups in total. The van der Waals surface area contributed by atoms with Gasteiger partial charge in [0.1, 0.15) is 11.5 Å². The van der Waals surface area contributed by atoms with E-state index in [4.69, 9.17) is 9.53 Å². The van der Waals surface area contributed by atoms with Crippen LogP contribution in [0.4, 0.5) is 4.79 Å². The van der Waals surface area contributed by atoms with E-state index in [1.165, 1.54) is 6.07 Å². The van der Waals surface area contributed by atoms with Gasteiger partial charge in [0.2, 0.25) is 0 Å². The lowest BCUT2D eigenvalue weighted by Crippen LogP contribution is -2.20. The van der Waals surface area contributed by atoms with Crippen LogP contribution in [0.25, 0.3) is 0 Å². The van der Waals surface area contributed by atoms with Gasteiger partial charge in [-0.2, -0.15) is 0 Å². The lowest BCUT2D eigenvalue weighted by atomic mass is 10.3. The summed E-state index contributed by atoms with van der Waals surface area (Å²) in [5.41, 5.74) is 0. The molecule has 0 radical (unpaired) electrons. The molecule has 0 unspecified atom stereocenters. The summed E-state index contributed by atoms with van der Waals surface area (Å²) >= 11 is 0. The Hall–Kier alpha value is -2.47. The number of ether oxygens (including phenoxy) is 1. The van der Waals surface area contributed by atoms with Crippen LogP contribution >= 0.6 is 0 Å². The Labute approximate surface area is 112 Å². The molecule has 0 saturated heterocycles. The second kappa shape index (κ2) is 5.92. The van der Waals surface area contributed by atoms with Crippen molar-refractivity contribution in [1.29, 1.82) is 0 Å². The summed E-state index contributed by atoms with van der Waals surface area (Å²) in [6, 6.07) is 13.4. The molecule has 2 aromatic carbocycles. The predicted molar refractivity (Wildman–Crippen MR) is 72.0 cm³/mol. The highest BCUT2D eigenvalue weighted by Crippen LogP contribution is 2.26. The summed E-state index contributed by atoms with van der Waals surface area (Å²) in [6.07, 6.45) is -1.39. The molecule has 0 spiro atoms. The van der Waals surface area contributed by atoms with Gasteiger partial charge >= 0.3 is 6.16 Å². The lowest BCUT2D eigenvalue weighted by molar-refractivity contribution is 0.143. The number of para-hydroxylation sites is 3. The van der Waals surface area contributed by atoms with Gasteiger partial charge in [-0.1, -0.05) is 30.3 Å². The van der Waals surface area contributed by atoms with Crippen LogP contribution in [0.15, 0.2) is 48.5 Å². The quantitative estimate of drug-likeness (QED) is 0.499. The molecule has 0 heterocycles. The minimum atomic E-state index is -1.39. The van der Waals surface area contributed by atoms with E-state index in [1.54, 1.807) is 36.4 Å². The molecule has 0 aliphatic heterocycles. The maximum atomic E-state index is 10.5. The van der Waals surface area contributed by atoms with Crippen molar-refractivity contribution in [3.63, 3.8) is 0 Å². The van der Waals surface area contributed by atoms with Gasteiger partial charge < -0.3 is 19.4 Å². The number of phenolic OH excluding ortho intramolecular Hbond substituents is 1. The summed E-state index contributed by atoms with van der Waals surface area (Å²) in [7, 11) is -1.22. The molecule has 0 fully saturated rings. The molecule has 0 atom stereocenters. The predicted octanol–water partition coefficient (Wildman–Crippen LogP) is 1.24. The molecule has 0 amide bonds. The molecule has 0 aliphatic carbocycles. The van der Waals surface area contributed by atoms with Crippen LogP contribution in [0.2, 0.25) is 0 Å². The lowest BCUT2D eigenvalue weighted by Gasteiger charge is -2.10. The molecular formula is C13H12O5Si. The average Bonchev–Trinajstić information content (AvgIpc) is 2.39.